The standard InChI is InChI=1S/C7H9N3O/c1-5-3-8-7(9-4-5)10-6(2)11/h3-4H,1-2H3,(H,8,9,10,11). The molecule has 0 saturated heterocycles. The minimum absolute atomic E-state index is 0.158. The fraction of sp³-hybridized carbons (Fsp3) is 0.286. The van der Waals surface area contributed by atoms with Crippen molar-refractivity contribution in [1.82, 2.24) is 9.97 Å². The van der Waals surface area contributed by atoms with Crippen LogP contribution in [0.3, 0.4) is 0 Å². The Labute approximate surface area is 64.7 Å². The number of aryl methyl sites for hydroxylation is 1. The van der Waals surface area contributed by atoms with Gasteiger partial charge in [-0.3, -0.25) is 10.1 Å². The third kappa shape index (κ3) is 2.33. The number of nitrogens with one attached hydrogen (secondary N) is 1. The van der Waals surface area contributed by atoms with Gasteiger partial charge in [0.05, 0.1) is 0 Å². The lowest BCUT2D eigenvalue weighted by Crippen LogP contribution is -2.08. The van der Waals surface area contributed by atoms with E-state index in [-0.39, 0.29) is 5.91 Å². The van der Waals surface area contributed by atoms with Gasteiger partial charge in [0.2, 0.25) is 11.9 Å². The van der Waals surface area contributed by atoms with E-state index in [1.54, 1.807) is 12.4 Å². The van der Waals surface area contributed by atoms with Crippen molar-refractivity contribution in [3.8, 4) is 0 Å². The van der Waals surface area contributed by atoms with Gasteiger partial charge in [0.15, 0.2) is 0 Å². The zero-order valence-corrected chi connectivity index (χ0v) is 6.46. The second kappa shape index (κ2) is 3.09. The minimum atomic E-state index is -0.158. The summed E-state index contributed by atoms with van der Waals surface area (Å²) in [6.07, 6.45) is 3.30. The molecule has 0 atom stereocenters. The lowest BCUT2D eigenvalue weighted by atomic mass is 10.4. The molecule has 0 aliphatic heterocycles. The normalized spacial score (nSPS) is 9.27. The van der Waals surface area contributed by atoms with Gasteiger partial charge in [0.1, 0.15) is 0 Å². The minimum Gasteiger partial charge on any atom is -0.295 e. The third-order valence-electron chi connectivity index (χ3n) is 1.07. The lowest BCUT2D eigenvalue weighted by molar-refractivity contribution is -0.114. The van der Waals surface area contributed by atoms with Crippen LogP contribution in [0, 0.1) is 6.92 Å². The molecular weight excluding hydrogens is 142 g/mol. The van der Waals surface area contributed by atoms with Crippen molar-refractivity contribution in [3.63, 3.8) is 0 Å². The largest absolute Gasteiger partial charge is 0.295 e. The summed E-state index contributed by atoms with van der Waals surface area (Å²) in [5, 5.41) is 2.47. The second-order valence-electron chi connectivity index (χ2n) is 2.27. The Kier molecular flexibility index (Phi) is 2.15. The van der Waals surface area contributed by atoms with E-state index in [0.717, 1.165) is 5.56 Å². The van der Waals surface area contributed by atoms with E-state index in [9.17, 15) is 4.79 Å². The monoisotopic (exact) mass is 151 g/mol. The number of hydrogen-bond acceptors (Lipinski definition) is 3. The van der Waals surface area contributed by atoms with Crippen molar-refractivity contribution in [2.24, 2.45) is 0 Å². The van der Waals surface area contributed by atoms with Gasteiger partial charge in [-0.25, -0.2) is 9.97 Å². The van der Waals surface area contributed by atoms with Crippen molar-refractivity contribution in [1.29, 1.82) is 0 Å². The van der Waals surface area contributed by atoms with E-state index >= 15 is 0 Å². The molecule has 4 nitrogen and oxygen atoms in total. The maximum atomic E-state index is 10.5. The quantitative estimate of drug-likeness (QED) is 0.644. The summed E-state index contributed by atoms with van der Waals surface area (Å²) < 4.78 is 0. The topological polar surface area (TPSA) is 54.9 Å². The maximum Gasteiger partial charge on any atom is 0.229 e. The number of carbonyl (C=O) groups is 1. The maximum absolute atomic E-state index is 10.5. The van der Waals surface area contributed by atoms with E-state index in [1.165, 1.54) is 6.92 Å². The molecule has 0 unspecified atom stereocenters. The molecule has 1 aromatic rings. The van der Waals surface area contributed by atoms with Gasteiger partial charge in [-0.15, -0.1) is 0 Å². The number of anilines is 1. The first-order valence-corrected chi connectivity index (χ1v) is 3.25. The summed E-state index contributed by atoms with van der Waals surface area (Å²) in [6.45, 7) is 3.31. The Morgan fingerprint density at radius 1 is 1.45 bits per heavy atom. The van der Waals surface area contributed by atoms with Crippen LogP contribution in [-0.4, -0.2) is 15.9 Å². The van der Waals surface area contributed by atoms with Gasteiger partial charge >= 0.3 is 0 Å². The van der Waals surface area contributed by atoms with Crippen LogP contribution in [-0.2, 0) is 4.79 Å². The number of hydrogen-bond donors (Lipinski definition) is 1. The van der Waals surface area contributed by atoms with E-state index < -0.39 is 0 Å². The van der Waals surface area contributed by atoms with Crippen LogP contribution >= 0.6 is 0 Å². The highest BCUT2D eigenvalue weighted by molar-refractivity contribution is 5.86. The molecular formula is C7H9N3O. The van der Waals surface area contributed by atoms with E-state index in [0.29, 0.717) is 5.95 Å². The first-order valence-electron chi connectivity index (χ1n) is 3.25. The molecule has 0 fully saturated rings. The average molecular weight is 151 g/mol. The smallest absolute Gasteiger partial charge is 0.229 e. The van der Waals surface area contributed by atoms with Crippen molar-refractivity contribution < 1.29 is 4.79 Å². The molecule has 1 N–H and O–H groups in total. The summed E-state index contributed by atoms with van der Waals surface area (Å²) in [5.74, 6) is 0.192. The number of nitrogens with zero attached hydrogens (tertiary/aromatic N) is 2. The van der Waals surface area contributed by atoms with Crippen molar-refractivity contribution in [2.45, 2.75) is 13.8 Å². The number of rotatable bonds is 1. The fourth-order valence-corrected chi connectivity index (χ4v) is 0.615. The van der Waals surface area contributed by atoms with Crippen LogP contribution < -0.4 is 5.32 Å². The van der Waals surface area contributed by atoms with E-state index in [2.05, 4.69) is 15.3 Å². The molecule has 0 saturated carbocycles. The molecule has 4 heteroatoms. The molecule has 0 aliphatic rings. The molecule has 58 valence electrons. The van der Waals surface area contributed by atoms with Crippen LogP contribution in [0.1, 0.15) is 12.5 Å². The zero-order valence-electron chi connectivity index (χ0n) is 6.46. The predicted octanol–water partition coefficient (Wildman–Crippen LogP) is 0.743. The van der Waals surface area contributed by atoms with Crippen molar-refractivity contribution >= 4 is 11.9 Å². The van der Waals surface area contributed by atoms with Gasteiger partial charge in [-0.05, 0) is 12.5 Å². The molecule has 0 spiro atoms. The summed E-state index contributed by atoms with van der Waals surface area (Å²) in [5.41, 5.74) is 0.971. The first kappa shape index (κ1) is 7.65. The summed E-state index contributed by atoms with van der Waals surface area (Å²) in [7, 11) is 0. The van der Waals surface area contributed by atoms with Crippen LogP contribution in [0.15, 0.2) is 12.4 Å². The van der Waals surface area contributed by atoms with Gasteiger partial charge in [-0.2, -0.15) is 0 Å². The fourth-order valence-electron chi connectivity index (χ4n) is 0.615. The SMILES string of the molecule is CC(=O)Nc1ncc(C)cn1. The van der Waals surface area contributed by atoms with Gasteiger partial charge in [0.25, 0.3) is 0 Å². The highest BCUT2D eigenvalue weighted by Crippen LogP contribution is 1.97. The van der Waals surface area contributed by atoms with Crippen LogP contribution in [0.5, 0.6) is 0 Å². The number of amides is 1. The van der Waals surface area contributed by atoms with E-state index in [4.69, 9.17) is 0 Å². The van der Waals surface area contributed by atoms with Crippen LogP contribution in [0.25, 0.3) is 0 Å². The molecule has 1 heterocycles. The lowest BCUT2D eigenvalue weighted by Gasteiger charge is -1.97. The third-order valence-corrected chi connectivity index (χ3v) is 1.07. The molecule has 0 aromatic carbocycles. The molecule has 0 bridgehead atoms. The Morgan fingerprint density at radius 2 is 2.00 bits per heavy atom. The predicted molar refractivity (Wildman–Crippen MR) is 41.1 cm³/mol. The molecule has 1 amide bonds. The molecule has 0 aliphatic carbocycles. The van der Waals surface area contributed by atoms with Gasteiger partial charge in [0, 0.05) is 19.3 Å². The zero-order chi connectivity index (χ0) is 8.27. The Morgan fingerprint density at radius 3 is 2.45 bits per heavy atom. The van der Waals surface area contributed by atoms with E-state index in [1.807, 2.05) is 6.92 Å². The highest BCUT2D eigenvalue weighted by Gasteiger charge is 1.95. The number of carbonyl (C=O) groups excluding carboxylic acids is 1. The Hall–Kier alpha value is -1.45. The average Bonchev–Trinajstić information content (AvgIpc) is 1.93. The van der Waals surface area contributed by atoms with Gasteiger partial charge < -0.3 is 0 Å². The summed E-state index contributed by atoms with van der Waals surface area (Å²) in [4.78, 5) is 18.3. The molecule has 11 heavy (non-hydrogen) atoms. The van der Waals surface area contributed by atoms with Crippen LogP contribution in [0.2, 0.25) is 0 Å². The molecule has 1 aromatic heterocycles. The number of aromatic nitrogens is 2. The molecule has 1 rings (SSSR count). The van der Waals surface area contributed by atoms with Crippen molar-refractivity contribution in [3.05, 3.63) is 18.0 Å². The van der Waals surface area contributed by atoms with Crippen LogP contribution in [0.4, 0.5) is 5.95 Å². The Bertz CT molecular complexity index is 255. The molecule has 0 radical (unpaired) electrons. The summed E-state index contributed by atoms with van der Waals surface area (Å²) >= 11 is 0. The Balaban J connectivity index is 2.74. The summed E-state index contributed by atoms with van der Waals surface area (Å²) in [6, 6.07) is 0. The van der Waals surface area contributed by atoms with Crippen molar-refractivity contribution in [2.75, 3.05) is 5.32 Å². The first-order chi connectivity index (χ1) is 5.18. The highest BCUT2D eigenvalue weighted by atomic mass is 16.1. The second-order valence-corrected chi connectivity index (χ2v) is 2.27. The van der Waals surface area contributed by atoms with Gasteiger partial charge in [-0.1, -0.05) is 0 Å².